The molecule has 1 fully saturated rings. The third-order valence-electron chi connectivity index (χ3n) is 7.10. The predicted molar refractivity (Wildman–Crippen MR) is 141 cm³/mol. The highest BCUT2D eigenvalue weighted by Gasteiger charge is 2.19. The van der Waals surface area contributed by atoms with Gasteiger partial charge in [-0.15, -0.1) is 0 Å². The zero-order valence-electron chi connectivity index (χ0n) is 21.8. The van der Waals surface area contributed by atoms with E-state index in [-0.39, 0.29) is 11.9 Å². The van der Waals surface area contributed by atoms with Gasteiger partial charge >= 0.3 is 0 Å². The van der Waals surface area contributed by atoms with E-state index in [2.05, 4.69) is 63.3 Å². The van der Waals surface area contributed by atoms with Gasteiger partial charge in [-0.1, -0.05) is 12.1 Å². The van der Waals surface area contributed by atoms with Crippen molar-refractivity contribution >= 4 is 23.1 Å². The zero-order valence-corrected chi connectivity index (χ0v) is 21.8. The molecule has 1 aromatic carbocycles. The van der Waals surface area contributed by atoms with Crippen molar-refractivity contribution in [1.29, 1.82) is 0 Å². The maximum Gasteiger partial charge on any atom is 0.254 e. The number of benzene rings is 1. The van der Waals surface area contributed by atoms with E-state index < -0.39 is 5.91 Å². The number of rotatable bonds is 9. The van der Waals surface area contributed by atoms with Crippen molar-refractivity contribution in [1.82, 2.24) is 24.8 Å². The van der Waals surface area contributed by atoms with Crippen molar-refractivity contribution in [2.45, 2.75) is 53.0 Å². The fraction of sp³-hybridized carbons (Fsp3) is 0.481. The van der Waals surface area contributed by atoms with Crippen LogP contribution < -0.4 is 16.0 Å². The number of aromatic nitrogens is 3. The molecule has 0 radical (unpaired) electrons. The highest BCUT2D eigenvalue weighted by atomic mass is 16.2. The molecule has 1 aliphatic heterocycles. The number of nitrogens with zero attached hydrogens (tertiary/aromatic N) is 5. The van der Waals surface area contributed by atoms with Gasteiger partial charge in [-0.05, 0) is 63.8 Å². The lowest BCUT2D eigenvalue weighted by Gasteiger charge is -2.36. The van der Waals surface area contributed by atoms with Crippen molar-refractivity contribution in [3.05, 3.63) is 58.5 Å². The first-order valence-electron chi connectivity index (χ1n) is 12.7. The first-order chi connectivity index (χ1) is 17.2. The topological polar surface area (TPSA) is 109 Å². The first kappa shape index (κ1) is 25.6. The third-order valence-corrected chi connectivity index (χ3v) is 7.10. The first-order valence-corrected chi connectivity index (χ1v) is 12.7. The summed E-state index contributed by atoms with van der Waals surface area (Å²) in [4.78, 5) is 33.7. The van der Waals surface area contributed by atoms with Crippen LogP contribution in [0.25, 0.3) is 5.65 Å². The lowest BCUT2D eigenvalue weighted by Crippen LogP contribution is -2.47. The van der Waals surface area contributed by atoms with Crippen LogP contribution in [0.2, 0.25) is 0 Å². The Kier molecular flexibility index (Phi) is 7.88. The lowest BCUT2D eigenvalue weighted by molar-refractivity contribution is -0.121. The van der Waals surface area contributed by atoms with E-state index in [1.54, 1.807) is 4.52 Å². The van der Waals surface area contributed by atoms with Gasteiger partial charge in [0.15, 0.2) is 5.65 Å². The number of fused-ring (bicyclic) bond motifs is 1. The van der Waals surface area contributed by atoms with Crippen molar-refractivity contribution in [2.24, 2.45) is 5.73 Å². The SMILES string of the molecule is Cc1cccc(N2CCN(CCC(C)NC(=O)CCc3c(C)nc4c(C(N)=O)cnn4c3C)CC2)c1. The van der Waals surface area contributed by atoms with Gasteiger partial charge in [-0.25, -0.2) is 9.50 Å². The second-order valence-corrected chi connectivity index (χ2v) is 9.84. The Hall–Kier alpha value is -3.46. The second kappa shape index (κ2) is 11.1. The Balaban J connectivity index is 1.22. The van der Waals surface area contributed by atoms with Crippen LogP contribution in [0.3, 0.4) is 0 Å². The van der Waals surface area contributed by atoms with Gasteiger partial charge in [0.1, 0.15) is 5.56 Å². The number of carbonyl (C=O) groups excluding carboxylic acids is 2. The molecule has 9 nitrogen and oxygen atoms in total. The molecule has 3 heterocycles. The summed E-state index contributed by atoms with van der Waals surface area (Å²) in [5.41, 5.74) is 11.4. The summed E-state index contributed by atoms with van der Waals surface area (Å²) in [6.45, 7) is 13.1. The van der Waals surface area contributed by atoms with Gasteiger partial charge in [0.05, 0.1) is 6.20 Å². The van der Waals surface area contributed by atoms with E-state index in [1.165, 1.54) is 17.4 Å². The molecular weight excluding hydrogens is 454 g/mol. The zero-order chi connectivity index (χ0) is 25.8. The molecule has 0 spiro atoms. The number of nitrogens with two attached hydrogens (primary N) is 1. The molecule has 3 aromatic rings. The van der Waals surface area contributed by atoms with Crippen LogP contribution in [0.4, 0.5) is 5.69 Å². The van der Waals surface area contributed by atoms with E-state index in [0.717, 1.165) is 56.1 Å². The Morgan fingerprint density at radius 2 is 1.89 bits per heavy atom. The number of aryl methyl sites for hydroxylation is 3. The number of nitrogens with one attached hydrogen (secondary N) is 1. The summed E-state index contributed by atoms with van der Waals surface area (Å²) < 4.78 is 1.63. The number of piperazine rings is 1. The number of hydrogen-bond acceptors (Lipinski definition) is 6. The van der Waals surface area contributed by atoms with Gasteiger partial charge < -0.3 is 16.0 Å². The Morgan fingerprint density at radius 3 is 2.58 bits per heavy atom. The number of anilines is 1. The van der Waals surface area contributed by atoms with Crippen LogP contribution in [-0.4, -0.2) is 70.1 Å². The quantitative estimate of drug-likeness (QED) is 0.476. The highest BCUT2D eigenvalue weighted by molar-refractivity contribution is 5.98. The average Bonchev–Trinajstić information content (AvgIpc) is 3.27. The van der Waals surface area contributed by atoms with Crippen LogP contribution in [0.1, 0.15) is 52.6 Å². The minimum atomic E-state index is -0.550. The fourth-order valence-corrected chi connectivity index (χ4v) is 4.93. The van der Waals surface area contributed by atoms with Crippen molar-refractivity contribution in [3.63, 3.8) is 0 Å². The Labute approximate surface area is 212 Å². The molecule has 2 aromatic heterocycles. The molecule has 1 unspecified atom stereocenters. The molecular formula is C27H37N7O2. The van der Waals surface area contributed by atoms with Gasteiger partial charge in [0.25, 0.3) is 5.91 Å². The van der Waals surface area contributed by atoms with Gasteiger partial charge in [0, 0.05) is 62.3 Å². The molecule has 0 aliphatic carbocycles. The summed E-state index contributed by atoms with van der Waals surface area (Å²) in [5, 5.41) is 7.40. The summed E-state index contributed by atoms with van der Waals surface area (Å²) >= 11 is 0. The predicted octanol–water partition coefficient (Wildman–Crippen LogP) is 2.40. The number of primary amides is 1. The lowest BCUT2D eigenvalue weighted by atomic mass is 10.1. The normalized spacial score (nSPS) is 15.3. The number of amides is 2. The minimum Gasteiger partial charge on any atom is -0.369 e. The van der Waals surface area contributed by atoms with Crippen LogP contribution >= 0.6 is 0 Å². The van der Waals surface area contributed by atoms with Gasteiger partial charge in [0.2, 0.25) is 5.91 Å². The smallest absolute Gasteiger partial charge is 0.254 e. The van der Waals surface area contributed by atoms with Crippen LogP contribution in [-0.2, 0) is 11.2 Å². The largest absolute Gasteiger partial charge is 0.369 e. The molecule has 9 heteroatoms. The maximum absolute atomic E-state index is 12.6. The summed E-state index contributed by atoms with van der Waals surface area (Å²) in [6.07, 6.45) is 3.30. The molecule has 0 bridgehead atoms. The fourth-order valence-electron chi connectivity index (χ4n) is 4.93. The third kappa shape index (κ3) is 5.84. The maximum atomic E-state index is 12.6. The number of carbonyl (C=O) groups is 2. The highest BCUT2D eigenvalue weighted by Crippen LogP contribution is 2.19. The molecule has 1 atom stereocenters. The monoisotopic (exact) mass is 491 g/mol. The van der Waals surface area contributed by atoms with Gasteiger partial charge in [-0.3, -0.25) is 14.5 Å². The summed E-state index contributed by atoms with van der Waals surface area (Å²) in [7, 11) is 0. The standard InChI is InChI=1S/C27H37N7O2/c1-18-6-5-7-22(16-18)33-14-12-32(13-15-33)11-10-19(2)30-25(35)9-8-23-20(3)31-27-24(26(28)36)17-29-34(27)21(23)4/h5-7,16-17,19H,8-15H2,1-4H3,(H2,28,36)(H,30,35). The molecule has 192 valence electrons. The van der Waals surface area contributed by atoms with Crippen molar-refractivity contribution in [3.8, 4) is 0 Å². The average molecular weight is 492 g/mol. The second-order valence-electron chi connectivity index (χ2n) is 9.84. The van der Waals surface area contributed by atoms with Crippen molar-refractivity contribution < 1.29 is 9.59 Å². The minimum absolute atomic E-state index is 0.0314. The van der Waals surface area contributed by atoms with E-state index in [9.17, 15) is 9.59 Å². The van der Waals surface area contributed by atoms with E-state index in [1.807, 2.05) is 13.8 Å². The molecule has 3 N–H and O–H groups in total. The molecule has 0 saturated carbocycles. The van der Waals surface area contributed by atoms with Crippen molar-refractivity contribution in [2.75, 3.05) is 37.6 Å². The summed E-state index contributed by atoms with van der Waals surface area (Å²) in [6, 6.07) is 8.80. The Morgan fingerprint density at radius 1 is 1.14 bits per heavy atom. The van der Waals surface area contributed by atoms with Gasteiger partial charge in [-0.2, -0.15) is 5.10 Å². The van der Waals surface area contributed by atoms with E-state index >= 15 is 0 Å². The number of hydrogen-bond donors (Lipinski definition) is 2. The van der Waals surface area contributed by atoms with Crippen LogP contribution in [0, 0.1) is 20.8 Å². The summed E-state index contributed by atoms with van der Waals surface area (Å²) in [5.74, 6) is -0.519. The molecule has 36 heavy (non-hydrogen) atoms. The molecule has 1 saturated heterocycles. The molecule has 1 aliphatic rings. The molecule has 2 amide bonds. The Bertz CT molecular complexity index is 1240. The van der Waals surface area contributed by atoms with E-state index in [4.69, 9.17) is 5.73 Å². The van der Waals surface area contributed by atoms with Crippen LogP contribution in [0.15, 0.2) is 30.5 Å². The van der Waals surface area contributed by atoms with Crippen LogP contribution in [0.5, 0.6) is 0 Å². The van der Waals surface area contributed by atoms with E-state index in [0.29, 0.717) is 24.1 Å². The molecule has 4 rings (SSSR count).